The molecule has 1 fully saturated rings. The lowest BCUT2D eigenvalue weighted by Crippen LogP contribution is -2.42. The topological polar surface area (TPSA) is 63.2 Å². The molecule has 0 bridgehead atoms. The summed E-state index contributed by atoms with van der Waals surface area (Å²) in [6.07, 6.45) is 4.54. The van der Waals surface area contributed by atoms with Gasteiger partial charge in [0.15, 0.2) is 0 Å². The predicted octanol–water partition coefficient (Wildman–Crippen LogP) is 1.49. The molecule has 20 heavy (non-hydrogen) atoms. The van der Waals surface area contributed by atoms with Crippen molar-refractivity contribution >= 4 is 5.91 Å². The fourth-order valence-electron chi connectivity index (χ4n) is 2.85. The van der Waals surface area contributed by atoms with Crippen molar-refractivity contribution in [3.05, 3.63) is 23.9 Å². The fourth-order valence-corrected chi connectivity index (χ4v) is 2.85. The van der Waals surface area contributed by atoms with Crippen molar-refractivity contribution in [3.63, 3.8) is 0 Å². The van der Waals surface area contributed by atoms with Crippen LogP contribution in [0.25, 0.3) is 0 Å². The molecule has 0 saturated carbocycles. The van der Waals surface area contributed by atoms with Crippen molar-refractivity contribution in [2.45, 2.75) is 32.7 Å². The van der Waals surface area contributed by atoms with Crippen LogP contribution >= 0.6 is 0 Å². The highest BCUT2D eigenvalue weighted by molar-refractivity contribution is 5.83. The van der Waals surface area contributed by atoms with Gasteiger partial charge in [-0.05, 0) is 25.5 Å². The van der Waals surface area contributed by atoms with E-state index in [-0.39, 0.29) is 11.3 Å². The van der Waals surface area contributed by atoms with E-state index in [1.807, 2.05) is 12.1 Å². The van der Waals surface area contributed by atoms with Crippen LogP contribution in [0.5, 0.6) is 5.88 Å². The van der Waals surface area contributed by atoms with Gasteiger partial charge in [-0.15, -0.1) is 0 Å². The fraction of sp³-hybridized carbons (Fsp3) is 0.600. The van der Waals surface area contributed by atoms with Gasteiger partial charge in [0, 0.05) is 24.8 Å². The quantitative estimate of drug-likeness (QED) is 0.827. The monoisotopic (exact) mass is 277 g/mol. The SMILES string of the molecule is CCCC1(C(=O)NCc2cccnc2OC)CCNC1. The van der Waals surface area contributed by atoms with Crippen LogP contribution < -0.4 is 15.4 Å². The summed E-state index contributed by atoms with van der Waals surface area (Å²) < 4.78 is 5.20. The largest absolute Gasteiger partial charge is 0.481 e. The standard InChI is InChI=1S/C15H23N3O2/c1-3-6-15(7-9-16-11-15)14(19)18-10-12-5-4-8-17-13(12)20-2/h4-5,8,16H,3,6-7,9-11H2,1-2H3,(H,18,19). The number of aromatic nitrogens is 1. The smallest absolute Gasteiger partial charge is 0.227 e. The molecule has 1 amide bonds. The molecule has 1 aliphatic rings. The highest BCUT2D eigenvalue weighted by Crippen LogP contribution is 2.31. The highest BCUT2D eigenvalue weighted by atomic mass is 16.5. The molecule has 0 aromatic carbocycles. The van der Waals surface area contributed by atoms with Crippen molar-refractivity contribution in [2.75, 3.05) is 20.2 Å². The van der Waals surface area contributed by atoms with Crippen molar-refractivity contribution in [1.82, 2.24) is 15.6 Å². The molecule has 0 aliphatic carbocycles. The normalized spacial score (nSPS) is 21.7. The third-order valence-corrected chi connectivity index (χ3v) is 3.94. The molecule has 2 N–H and O–H groups in total. The van der Waals surface area contributed by atoms with Gasteiger partial charge >= 0.3 is 0 Å². The zero-order chi connectivity index (χ0) is 14.4. The number of methoxy groups -OCH3 is 1. The number of nitrogens with zero attached hydrogens (tertiary/aromatic N) is 1. The second-order valence-electron chi connectivity index (χ2n) is 5.31. The Hall–Kier alpha value is -1.62. The van der Waals surface area contributed by atoms with E-state index in [2.05, 4.69) is 22.5 Å². The minimum Gasteiger partial charge on any atom is -0.481 e. The Balaban J connectivity index is 2.00. The number of ether oxygens (including phenoxy) is 1. The lowest BCUT2D eigenvalue weighted by Gasteiger charge is -2.26. The van der Waals surface area contributed by atoms with Gasteiger partial charge in [-0.1, -0.05) is 19.4 Å². The first-order chi connectivity index (χ1) is 9.72. The van der Waals surface area contributed by atoms with Gasteiger partial charge in [-0.2, -0.15) is 0 Å². The molecule has 1 unspecified atom stereocenters. The molecule has 2 heterocycles. The number of hydrogen-bond donors (Lipinski definition) is 2. The van der Waals surface area contributed by atoms with Gasteiger partial charge in [-0.25, -0.2) is 4.98 Å². The molecule has 1 aromatic heterocycles. The Kier molecular flexibility index (Phi) is 4.95. The maximum Gasteiger partial charge on any atom is 0.227 e. The lowest BCUT2D eigenvalue weighted by atomic mass is 9.81. The van der Waals surface area contributed by atoms with E-state index in [1.165, 1.54) is 0 Å². The Labute approximate surface area is 120 Å². The second kappa shape index (κ2) is 6.70. The first-order valence-electron chi connectivity index (χ1n) is 7.19. The zero-order valence-corrected chi connectivity index (χ0v) is 12.2. The molecule has 110 valence electrons. The summed E-state index contributed by atoms with van der Waals surface area (Å²) in [6, 6.07) is 3.77. The van der Waals surface area contributed by atoms with Crippen molar-refractivity contribution in [1.29, 1.82) is 0 Å². The number of hydrogen-bond acceptors (Lipinski definition) is 4. The molecule has 5 nitrogen and oxygen atoms in total. The number of amides is 1. The van der Waals surface area contributed by atoms with E-state index in [9.17, 15) is 4.79 Å². The molecule has 1 aliphatic heterocycles. The van der Waals surface area contributed by atoms with Crippen LogP contribution in [0.4, 0.5) is 0 Å². The summed E-state index contributed by atoms with van der Waals surface area (Å²) in [5.74, 6) is 0.706. The molecule has 0 radical (unpaired) electrons. The van der Waals surface area contributed by atoms with Gasteiger partial charge in [0.1, 0.15) is 0 Å². The summed E-state index contributed by atoms with van der Waals surface area (Å²) in [5, 5.41) is 6.34. The minimum absolute atomic E-state index is 0.134. The third kappa shape index (κ3) is 3.10. The highest BCUT2D eigenvalue weighted by Gasteiger charge is 2.39. The van der Waals surface area contributed by atoms with Crippen LogP contribution in [0, 0.1) is 5.41 Å². The van der Waals surface area contributed by atoms with E-state index in [0.29, 0.717) is 12.4 Å². The van der Waals surface area contributed by atoms with Crippen LogP contribution in [-0.2, 0) is 11.3 Å². The molecule has 1 atom stereocenters. The van der Waals surface area contributed by atoms with Crippen molar-refractivity contribution < 1.29 is 9.53 Å². The first kappa shape index (κ1) is 14.8. The van der Waals surface area contributed by atoms with Crippen LogP contribution in [0.15, 0.2) is 18.3 Å². The van der Waals surface area contributed by atoms with Crippen molar-refractivity contribution in [3.8, 4) is 5.88 Å². The average molecular weight is 277 g/mol. The summed E-state index contributed by atoms with van der Waals surface area (Å²) in [6.45, 7) is 4.28. The zero-order valence-electron chi connectivity index (χ0n) is 12.2. The average Bonchev–Trinajstić information content (AvgIpc) is 2.95. The summed E-state index contributed by atoms with van der Waals surface area (Å²) in [5.41, 5.74) is 0.658. The van der Waals surface area contributed by atoms with Gasteiger partial charge in [0.25, 0.3) is 0 Å². The number of pyridine rings is 1. The maximum atomic E-state index is 12.5. The van der Waals surface area contributed by atoms with E-state index in [1.54, 1.807) is 13.3 Å². The van der Waals surface area contributed by atoms with Crippen LogP contribution in [-0.4, -0.2) is 31.1 Å². The molecule has 2 rings (SSSR count). The van der Waals surface area contributed by atoms with Crippen molar-refractivity contribution in [2.24, 2.45) is 5.41 Å². The maximum absolute atomic E-state index is 12.5. The number of carbonyl (C=O) groups is 1. The minimum atomic E-state index is -0.246. The summed E-state index contributed by atoms with van der Waals surface area (Å²) in [4.78, 5) is 16.7. The molecule has 1 aromatic rings. The summed E-state index contributed by atoms with van der Waals surface area (Å²) >= 11 is 0. The summed E-state index contributed by atoms with van der Waals surface area (Å²) in [7, 11) is 1.59. The van der Waals surface area contributed by atoms with E-state index in [4.69, 9.17) is 4.74 Å². The molecule has 5 heteroatoms. The molecular weight excluding hydrogens is 254 g/mol. The van der Waals surface area contributed by atoms with Gasteiger partial charge < -0.3 is 15.4 Å². The molecule has 0 spiro atoms. The number of carbonyl (C=O) groups excluding carboxylic acids is 1. The Morgan fingerprint density at radius 2 is 2.45 bits per heavy atom. The lowest BCUT2D eigenvalue weighted by molar-refractivity contribution is -0.130. The van der Waals surface area contributed by atoms with Gasteiger partial charge in [0.05, 0.1) is 12.5 Å². The predicted molar refractivity (Wildman–Crippen MR) is 77.5 cm³/mol. The van der Waals surface area contributed by atoms with Crippen LogP contribution in [0.3, 0.4) is 0 Å². The van der Waals surface area contributed by atoms with E-state index in [0.717, 1.165) is 37.9 Å². The van der Waals surface area contributed by atoms with Gasteiger partial charge in [-0.3, -0.25) is 4.79 Å². The van der Waals surface area contributed by atoms with Crippen LogP contribution in [0.2, 0.25) is 0 Å². The second-order valence-corrected chi connectivity index (χ2v) is 5.31. The third-order valence-electron chi connectivity index (χ3n) is 3.94. The van der Waals surface area contributed by atoms with Gasteiger partial charge in [0.2, 0.25) is 11.8 Å². The van der Waals surface area contributed by atoms with E-state index < -0.39 is 0 Å². The Morgan fingerprint density at radius 3 is 3.10 bits per heavy atom. The van der Waals surface area contributed by atoms with Crippen LogP contribution in [0.1, 0.15) is 31.7 Å². The molecular formula is C15H23N3O2. The Bertz CT molecular complexity index is 456. The first-order valence-corrected chi connectivity index (χ1v) is 7.19. The molecule has 1 saturated heterocycles. The Morgan fingerprint density at radius 1 is 1.60 bits per heavy atom. The van der Waals surface area contributed by atoms with E-state index >= 15 is 0 Å². The number of nitrogens with one attached hydrogen (secondary N) is 2. The number of rotatable bonds is 6.